The Hall–Kier alpha value is -0.0000000000000000555. The summed E-state index contributed by atoms with van der Waals surface area (Å²) in [6.45, 7) is 1.93. The fourth-order valence-corrected chi connectivity index (χ4v) is 2.72. The molecule has 0 bridgehead atoms. The Morgan fingerprint density at radius 1 is 1.50 bits per heavy atom. The van der Waals surface area contributed by atoms with E-state index >= 15 is 0 Å². The summed E-state index contributed by atoms with van der Waals surface area (Å²) in [5, 5.41) is 0.825. The van der Waals surface area contributed by atoms with Gasteiger partial charge in [0, 0.05) is 22.7 Å². The van der Waals surface area contributed by atoms with Gasteiger partial charge in [0.15, 0.2) is 0 Å². The minimum absolute atomic E-state index is 0.297. The number of rotatable bonds is 1. The summed E-state index contributed by atoms with van der Waals surface area (Å²) >= 11 is 8.43. The van der Waals surface area contributed by atoms with Crippen LogP contribution in [0.25, 0.3) is 0 Å². The molecule has 14 heavy (non-hydrogen) atoms. The highest BCUT2D eigenvalue weighted by Gasteiger charge is 2.20. The van der Waals surface area contributed by atoms with Gasteiger partial charge in [-0.1, -0.05) is 11.6 Å². The first-order valence-corrected chi connectivity index (χ1v) is 6.08. The third-order valence-electron chi connectivity index (χ3n) is 2.48. The van der Waals surface area contributed by atoms with E-state index in [9.17, 15) is 0 Å². The topological polar surface area (TPSA) is 29.3 Å². The van der Waals surface area contributed by atoms with Gasteiger partial charge in [0.05, 0.1) is 10.7 Å². The standard InChI is InChI=1S/C10H12ClIN2/c11-9-5-7(12)1-2-10(9)14-4-3-8(13)6-14/h1-2,5,8H,3-4,6,13H2. The molecular weight excluding hydrogens is 310 g/mol. The highest BCUT2D eigenvalue weighted by molar-refractivity contribution is 14.1. The molecule has 1 unspecified atom stereocenters. The predicted octanol–water partition coefficient (Wildman–Crippen LogP) is 2.48. The lowest BCUT2D eigenvalue weighted by Crippen LogP contribution is -2.26. The number of nitrogens with two attached hydrogens (primary N) is 1. The second-order valence-electron chi connectivity index (χ2n) is 3.59. The monoisotopic (exact) mass is 322 g/mol. The predicted molar refractivity (Wildman–Crippen MR) is 69.0 cm³/mol. The average Bonchev–Trinajstić information content (AvgIpc) is 2.51. The Morgan fingerprint density at radius 3 is 2.86 bits per heavy atom. The zero-order valence-corrected chi connectivity index (χ0v) is 10.6. The number of hydrogen-bond acceptors (Lipinski definition) is 2. The zero-order valence-electron chi connectivity index (χ0n) is 7.71. The number of hydrogen-bond donors (Lipinski definition) is 1. The van der Waals surface area contributed by atoms with Crippen molar-refractivity contribution in [3.8, 4) is 0 Å². The number of nitrogens with zero attached hydrogens (tertiary/aromatic N) is 1. The van der Waals surface area contributed by atoms with Crippen LogP contribution in [0.15, 0.2) is 18.2 Å². The van der Waals surface area contributed by atoms with E-state index in [0.717, 1.165) is 30.2 Å². The molecule has 4 heteroatoms. The first-order valence-electron chi connectivity index (χ1n) is 4.62. The minimum atomic E-state index is 0.297. The van der Waals surface area contributed by atoms with E-state index in [2.05, 4.69) is 39.6 Å². The quantitative estimate of drug-likeness (QED) is 0.805. The zero-order chi connectivity index (χ0) is 10.1. The first-order chi connectivity index (χ1) is 6.66. The van der Waals surface area contributed by atoms with Crippen molar-refractivity contribution in [1.82, 2.24) is 0 Å². The maximum absolute atomic E-state index is 6.17. The highest BCUT2D eigenvalue weighted by Crippen LogP contribution is 2.29. The molecule has 1 aromatic carbocycles. The lowest BCUT2D eigenvalue weighted by atomic mass is 10.3. The molecule has 76 valence electrons. The normalized spacial score (nSPS) is 21.6. The first kappa shape index (κ1) is 10.5. The molecule has 1 aromatic rings. The van der Waals surface area contributed by atoms with Crippen LogP contribution in [-0.4, -0.2) is 19.1 Å². The number of halogens is 2. The van der Waals surface area contributed by atoms with Gasteiger partial charge in [-0.05, 0) is 47.2 Å². The summed E-state index contributed by atoms with van der Waals surface area (Å²) in [6, 6.07) is 6.43. The van der Waals surface area contributed by atoms with Gasteiger partial charge in [0.25, 0.3) is 0 Å². The van der Waals surface area contributed by atoms with Crippen LogP contribution in [0.1, 0.15) is 6.42 Å². The SMILES string of the molecule is NC1CCN(c2ccc(I)cc2Cl)C1. The molecular formula is C10H12ClIN2. The molecule has 0 aromatic heterocycles. The van der Waals surface area contributed by atoms with Gasteiger partial charge < -0.3 is 10.6 Å². The molecule has 0 saturated carbocycles. The van der Waals surface area contributed by atoms with Crippen molar-refractivity contribution < 1.29 is 0 Å². The van der Waals surface area contributed by atoms with Crippen molar-refractivity contribution in [2.75, 3.05) is 18.0 Å². The molecule has 1 aliphatic rings. The maximum atomic E-state index is 6.17. The smallest absolute Gasteiger partial charge is 0.0650 e. The van der Waals surface area contributed by atoms with E-state index in [-0.39, 0.29) is 0 Å². The fourth-order valence-electron chi connectivity index (χ4n) is 1.74. The van der Waals surface area contributed by atoms with Crippen molar-refractivity contribution in [2.45, 2.75) is 12.5 Å². The van der Waals surface area contributed by atoms with Crippen LogP contribution in [0.2, 0.25) is 5.02 Å². The fraction of sp³-hybridized carbons (Fsp3) is 0.400. The Kier molecular flexibility index (Phi) is 3.19. The third kappa shape index (κ3) is 2.15. The van der Waals surface area contributed by atoms with Crippen LogP contribution in [0.4, 0.5) is 5.69 Å². The van der Waals surface area contributed by atoms with Gasteiger partial charge in [0.1, 0.15) is 0 Å². The Morgan fingerprint density at radius 2 is 2.29 bits per heavy atom. The Balaban J connectivity index is 2.24. The van der Waals surface area contributed by atoms with Crippen LogP contribution < -0.4 is 10.6 Å². The molecule has 1 saturated heterocycles. The molecule has 1 heterocycles. The van der Waals surface area contributed by atoms with Crippen molar-refractivity contribution in [3.05, 3.63) is 26.8 Å². The second kappa shape index (κ2) is 4.24. The summed E-state index contributed by atoms with van der Waals surface area (Å²) in [4.78, 5) is 2.25. The molecule has 1 atom stereocenters. The lowest BCUT2D eigenvalue weighted by molar-refractivity contribution is 0.752. The Bertz CT molecular complexity index is 343. The highest BCUT2D eigenvalue weighted by atomic mass is 127. The molecule has 0 aliphatic carbocycles. The summed E-state index contributed by atoms with van der Waals surface area (Å²) in [5.74, 6) is 0. The van der Waals surface area contributed by atoms with E-state index < -0.39 is 0 Å². The van der Waals surface area contributed by atoms with Gasteiger partial charge in [-0.15, -0.1) is 0 Å². The second-order valence-corrected chi connectivity index (χ2v) is 5.24. The summed E-state index contributed by atoms with van der Waals surface area (Å²) in [5.41, 5.74) is 6.97. The third-order valence-corrected chi connectivity index (χ3v) is 3.45. The summed E-state index contributed by atoms with van der Waals surface area (Å²) < 4.78 is 1.17. The molecule has 1 fully saturated rings. The van der Waals surface area contributed by atoms with Gasteiger partial charge in [-0.25, -0.2) is 0 Å². The number of benzene rings is 1. The van der Waals surface area contributed by atoms with Crippen LogP contribution in [0.5, 0.6) is 0 Å². The van der Waals surface area contributed by atoms with Crippen molar-refractivity contribution in [1.29, 1.82) is 0 Å². The van der Waals surface area contributed by atoms with Crippen LogP contribution >= 0.6 is 34.2 Å². The van der Waals surface area contributed by atoms with Crippen LogP contribution in [0.3, 0.4) is 0 Å². The van der Waals surface area contributed by atoms with E-state index in [1.807, 2.05) is 6.07 Å². The summed E-state index contributed by atoms with van der Waals surface area (Å²) in [7, 11) is 0. The average molecular weight is 323 g/mol. The maximum Gasteiger partial charge on any atom is 0.0650 e. The molecule has 0 radical (unpaired) electrons. The molecule has 2 rings (SSSR count). The van der Waals surface area contributed by atoms with Crippen molar-refractivity contribution in [2.24, 2.45) is 5.73 Å². The number of anilines is 1. The van der Waals surface area contributed by atoms with Crippen LogP contribution in [-0.2, 0) is 0 Å². The minimum Gasteiger partial charge on any atom is -0.369 e. The van der Waals surface area contributed by atoms with E-state index in [1.54, 1.807) is 0 Å². The molecule has 0 amide bonds. The molecule has 2 nitrogen and oxygen atoms in total. The largest absolute Gasteiger partial charge is 0.369 e. The van der Waals surface area contributed by atoms with Crippen LogP contribution in [0, 0.1) is 3.57 Å². The summed E-state index contributed by atoms with van der Waals surface area (Å²) in [6.07, 6.45) is 1.06. The molecule has 1 aliphatic heterocycles. The molecule has 2 N–H and O–H groups in total. The Labute approximate surface area is 103 Å². The van der Waals surface area contributed by atoms with Gasteiger partial charge in [0.2, 0.25) is 0 Å². The van der Waals surface area contributed by atoms with E-state index in [1.165, 1.54) is 3.57 Å². The van der Waals surface area contributed by atoms with Gasteiger partial charge >= 0.3 is 0 Å². The van der Waals surface area contributed by atoms with E-state index in [4.69, 9.17) is 17.3 Å². The van der Waals surface area contributed by atoms with Crippen molar-refractivity contribution >= 4 is 39.9 Å². The van der Waals surface area contributed by atoms with Gasteiger partial charge in [-0.3, -0.25) is 0 Å². The van der Waals surface area contributed by atoms with Crippen molar-refractivity contribution in [3.63, 3.8) is 0 Å². The molecule has 0 spiro atoms. The lowest BCUT2D eigenvalue weighted by Gasteiger charge is -2.19. The van der Waals surface area contributed by atoms with Gasteiger partial charge in [-0.2, -0.15) is 0 Å². The van der Waals surface area contributed by atoms with E-state index in [0.29, 0.717) is 6.04 Å².